The Morgan fingerprint density at radius 1 is 1.53 bits per heavy atom. The second-order valence-corrected chi connectivity index (χ2v) is 4.45. The fourth-order valence-electron chi connectivity index (χ4n) is 2.12. The molecule has 6 heteroatoms. The van der Waals surface area contributed by atoms with Crippen molar-refractivity contribution in [2.75, 3.05) is 25.0 Å². The molecule has 1 aromatic rings. The average molecular weight is 267 g/mol. The number of carbonyl (C=O) groups is 1. The van der Waals surface area contributed by atoms with Gasteiger partial charge in [-0.3, -0.25) is 0 Å². The van der Waals surface area contributed by atoms with E-state index < -0.39 is 5.95 Å². The molecule has 0 aliphatic carbocycles. The van der Waals surface area contributed by atoms with Gasteiger partial charge in [0.2, 0.25) is 5.95 Å². The quantitative estimate of drug-likeness (QED) is 0.853. The summed E-state index contributed by atoms with van der Waals surface area (Å²) in [5, 5.41) is 3.18. The minimum atomic E-state index is -0.492. The number of piperidine rings is 1. The molecule has 2 rings (SSSR count). The van der Waals surface area contributed by atoms with Gasteiger partial charge in [-0.15, -0.1) is 0 Å². The van der Waals surface area contributed by atoms with Crippen LogP contribution in [0.5, 0.6) is 0 Å². The van der Waals surface area contributed by atoms with Crippen molar-refractivity contribution < 1.29 is 13.9 Å². The van der Waals surface area contributed by atoms with E-state index in [0.29, 0.717) is 25.5 Å². The highest BCUT2D eigenvalue weighted by molar-refractivity contribution is 5.67. The molecule has 19 heavy (non-hydrogen) atoms. The predicted molar refractivity (Wildman–Crippen MR) is 69.4 cm³/mol. The van der Waals surface area contributed by atoms with E-state index in [1.807, 2.05) is 0 Å². The lowest BCUT2D eigenvalue weighted by Gasteiger charge is -2.31. The highest BCUT2D eigenvalue weighted by Crippen LogP contribution is 2.16. The summed E-state index contributed by atoms with van der Waals surface area (Å²) in [6.45, 7) is 3.48. The number of rotatable bonds is 3. The smallest absolute Gasteiger partial charge is 0.409 e. The van der Waals surface area contributed by atoms with Crippen LogP contribution in [0.2, 0.25) is 0 Å². The highest BCUT2D eigenvalue weighted by Gasteiger charge is 2.23. The summed E-state index contributed by atoms with van der Waals surface area (Å²) < 4.78 is 17.9. The van der Waals surface area contributed by atoms with Crippen LogP contribution < -0.4 is 5.32 Å². The number of pyridine rings is 1. The summed E-state index contributed by atoms with van der Waals surface area (Å²) in [6, 6.07) is 4.88. The number of halogens is 1. The number of likely N-dealkylation sites (tertiary alicyclic amines) is 1. The molecule has 0 atom stereocenters. The van der Waals surface area contributed by atoms with Crippen LogP contribution in [0, 0.1) is 5.95 Å². The third kappa shape index (κ3) is 3.81. The van der Waals surface area contributed by atoms with Crippen LogP contribution in [0.15, 0.2) is 18.2 Å². The average Bonchev–Trinajstić information content (AvgIpc) is 2.40. The van der Waals surface area contributed by atoms with Crippen LogP contribution in [-0.2, 0) is 4.74 Å². The maximum absolute atomic E-state index is 13.0. The Morgan fingerprint density at radius 3 is 2.89 bits per heavy atom. The molecule has 1 aliphatic rings. The number of hydrogen-bond donors (Lipinski definition) is 1. The van der Waals surface area contributed by atoms with E-state index in [0.717, 1.165) is 12.8 Å². The van der Waals surface area contributed by atoms with Crippen LogP contribution in [0.3, 0.4) is 0 Å². The molecule has 1 N–H and O–H groups in total. The summed E-state index contributed by atoms with van der Waals surface area (Å²) in [7, 11) is 0. The predicted octanol–water partition coefficient (Wildman–Crippen LogP) is 2.25. The van der Waals surface area contributed by atoms with Crippen LogP contribution in [-0.4, -0.2) is 41.7 Å². The number of nitrogens with zero attached hydrogens (tertiary/aromatic N) is 2. The molecule has 1 fully saturated rings. The van der Waals surface area contributed by atoms with Gasteiger partial charge in [0, 0.05) is 19.1 Å². The molecule has 0 bridgehead atoms. The number of amides is 1. The van der Waals surface area contributed by atoms with Gasteiger partial charge in [-0.2, -0.15) is 4.39 Å². The molecule has 0 radical (unpaired) electrons. The van der Waals surface area contributed by atoms with E-state index in [9.17, 15) is 9.18 Å². The summed E-state index contributed by atoms with van der Waals surface area (Å²) in [4.78, 5) is 17.0. The molecule has 1 aliphatic heterocycles. The third-order valence-electron chi connectivity index (χ3n) is 3.09. The first-order valence-electron chi connectivity index (χ1n) is 6.50. The van der Waals surface area contributed by atoms with Gasteiger partial charge in [0.1, 0.15) is 5.82 Å². The Labute approximate surface area is 111 Å². The van der Waals surface area contributed by atoms with Gasteiger partial charge in [-0.05, 0) is 31.9 Å². The number of carbonyl (C=O) groups excluding carboxylic acids is 1. The van der Waals surface area contributed by atoms with E-state index in [-0.39, 0.29) is 12.1 Å². The van der Waals surface area contributed by atoms with Gasteiger partial charge >= 0.3 is 6.09 Å². The summed E-state index contributed by atoms with van der Waals surface area (Å²) in [5.74, 6) is 0.0449. The molecular formula is C13H18FN3O2. The third-order valence-corrected chi connectivity index (χ3v) is 3.09. The maximum Gasteiger partial charge on any atom is 0.409 e. The normalized spacial score (nSPS) is 16.2. The first-order valence-corrected chi connectivity index (χ1v) is 6.50. The molecule has 1 amide bonds. The molecule has 1 saturated heterocycles. The van der Waals surface area contributed by atoms with Crippen molar-refractivity contribution in [2.24, 2.45) is 0 Å². The van der Waals surface area contributed by atoms with Crippen molar-refractivity contribution >= 4 is 11.9 Å². The van der Waals surface area contributed by atoms with E-state index in [4.69, 9.17) is 4.74 Å². The van der Waals surface area contributed by atoms with Gasteiger partial charge < -0.3 is 15.0 Å². The molecule has 0 saturated carbocycles. The second-order valence-electron chi connectivity index (χ2n) is 4.45. The van der Waals surface area contributed by atoms with Gasteiger partial charge in [0.15, 0.2) is 0 Å². The molecule has 2 heterocycles. The topological polar surface area (TPSA) is 54.5 Å². The number of anilines is 1. The lowest BCUT2D eigenvalue weighted by molar-refractivity contribution is 0.0983. The Morgan fingerprint density at radius 2 is 2.26 bits per heavy atom. The Balaban J connectivity index is 1.82. The van der Waals surface area contributed by atoms with Crippen LogP contribution in [0.25, 0.3) is 0 Å². The minimum absolute atomic E-state index is 0.208. The van der Waals surface area contributed by atoms with E-state index in [1.165, 1.54) is 6.07 Å². The molecule has 0 aromatic carbocycles. The standard InChI is InChI=1S/C13H18FN3O2/c1-2-19-13(18)17-8-6-10(7-9-17)15-12-5-3-4-11(14)16-12/h3-5,10H,2,6-9H2,1H3,(H,15,16). The Bertz CT molecular complexity index is 434. The molecule has 0 unspecified atom stereocenters. The summed E-state index contributed by atoms with van der Waals surface area (Å²) in [6.07, 6.45) is 1.35. The molecule has 104 valence electrons. The number of ether oxygens (including phenoxy) is 1. The fourth-order valence-corrected chi connectivity index (χ4v) is 2.12. The zero-order valence-corrected chi connectivity index (χ0v) is 10.9. The first kappa shape index (κ1) is 13.6. The maximum atomic E-state index is 13.0. The van der Waals surface area contributed by atoms with Crippen LogP contribution in [0.1, 0.15) is 19.8 Å². The lowest BCUT2D eigenvalue weighted by Crippen LogP contribution is -2.42. The van der Waals surface area contributed by atoms with Crippen molar-refractivity contribution in [3.05, 3.63) is 24.1 Å². The van der Waals surface area contributed by atoms with E-state index >= 15 is 0 Å². The van der Waals surface area contributed by atoms with E-state index in [2.05, 4.69) is 10.3 Å². The minimum Gasteiger partial charge on any atom is -0.450 e. The van der Waals surface area contributed by atoms with Crippen LogP contribution >= 0.6 is 0 Å². The van der Waals surface area contributed by atoms with Gasteiger partial charge in [-0.25, -0.2) is 9.78 Å². The van der Waals surface area contributed by atoms with Crippen molar-refractivity contribution in [2.45, 2.75) is 25.8 Å². The van der Waals surface area contributed by atoms with Crippen molar-refractivity contribution in [1.29, 1.82) is 0 Å². The van der Waals surface area contributed by atoms with Crippen LogP contribution in [0.4, 0.5) is 15.0 Å². The van der Waals surface area contributed by atoms with E-state index in [1.54, 1.807) is 24.0 Å². The summed E-state index contributed by atoms with van der Waals surface area (Å²) >= 11 is 0. The fraction of sp³-hybridized carbons (Fsp3) is 0.538. The molecular weight excluding hydrogens is 249 g/mol. The number of nitrogens with one attached hydrogen (secondary N) is 1. The number of aromatic nitrogens is 1. The number of hydrogen-bond acceptors (Lipinski definition) is 4. The molecule has 0 spiro atoms. The second kappa shape index (κ2) is 6.36. The zero-order valence-electron chi connectivity index (χ0n) is 10.9. The van der Waals surface area contributed by atoms with Gasteiger partial charge in [-0.1, -0.05) is 6.07 Å². The monoisotopic (exact) mass is 267 g/mol. The first-order chi connectivity index (χ1) is 9.19. The molecule has 5 nitrogen and oxygen atoms in total. The highest BCUT2D eigenvalue weighted by atomic mass is 19.1. The Kier molecular flexibility index (Phi) is 4.54. The Hall–Kier alpha value is -1.85. The zero-order chi connectivity index (χ0) is 13.7. The summed E-state index contributed by atoms with van der Waals surface area (Å²) in [5.41, 5.74) is 0. The van der Waals surface area contributed by atoms with Crippen molar-refractivity contribution in [3.63, 3.8) is 0 Å². The lowest BCUT2D eigenvalue weighted by atomic mass is 10.1. The van der Waals surface area contributed by atoms with Gasteiger partial charge in [0.05, 0.1) is 6.61 Å². The van der Waals surface area contributed by atoms with Crippen molar-refractivity contribution in [3.8, 4) is 0 Å². The SMILES string of the molecule is CCOC(=O)N1CCC(Nc2cccc(F)n2)CC1. The molecule has 1 aromatic heterocycles. The largest absolute Gasteiger partial charge is 0.450 e. The van der Waals surface area contributed by atoms with Crippen molar-refractivity contribution in [1.82, 2.24) is 9.88 Å². The van der Waals surface area contributed by atoms with Gasteiger partial charge in [0.25, 0.3) is 0 Å².